The molecule has 0 aromatic carbocycles. The van der Waals surface area contributed by atoms with E-state index in [0.717, 1.165) is 37.0 Å². The van der Waals surface area contributed by atoms with Crippen molar-refractivity contribution >= 4 is 11.6 Å². The molecule has 0 aliphatic rings. The standard InChI is InChI=1S/C12H23N5/c1-9(2)15-12-8-11(16-10(3)17-12)14-7-5-6-13-4/h8-9,13H,5-7H2,1-4H3,(H2,14,15,16,17). The van der Waals surface area contributed by atoms with Crippen LogP contribution >= 0.6 is 0 Å². The van der Waals surface area contributed by atoms with E-state index in [1.807, 2.05) is 20.0 Å². The third-order valence-electron chi connectivity index (χ3n) is 2.18. The maximum absolute atomic E-state index is 4.36. The minimum atomic E-state index is 0.376. The van der Waals surface area contributed by atoms with Gasteiger partial charge in [-0.2, -0.15) is 0 Å². The van der Waals surface area contributed by atoms with E-state index in [1.165, 1.54) is 0 Å². The van der Waals surface area contributed by atoms with Crippen molar-refractivity contribution in [3.8, 4) is 0 Å². The molecule has 0 bridgehead atoms. The molecule has 0 saturated heterocycles. The van der Waals surface area contributed by atoms with Gasteiger partial charge < -0.3 is 16.0 Å². The molecule has 0 atom stereocenters. The fourth-order valence-electron chi connectivity index (χ4n) is 1.51. The maximum atomic E-state index is 4.36. The Bertz CT molecular complexity index is 338. The minimum Gasteiger partial charge on any atom is -0.370 e. The highest BCUT2D eigenvalue weighted by Gasteiger charge is 2.02. The monoisotopic (exact) mass is 237 g/mol. The molecule has 3 N–H and O–H groups in total. The zero-order valence-electron chi connectivity index (χ0n) is 11.2. The third-order valence-corrected chi connectivity index (χ3v) is 2.18. The van der Waals surface area contributed by atoms with Crippen LogP contribution in [0.15, 0.2) is 6.07 Å². The lowest BCUT2D eigenvalue weighted by Gasteiger charge is -2.12. The van der Waals surface area contributed by atoms with Crippen LogP contribution in [-0.4, -0.2) is 36.1 Å². The highest BCUT2D eigenvalue weighted by molar-refractivity contribution is 5.47. The molecule has 17 heavy (non-hydrogen) atoms. The van der Waals surface area contributed by atoms with Gasteiger partial charge in [0.15, 0.2) is 0 Å². The summed E-state index contributed by atoms with van der Waals surface area (Å²) in [6, 6.07) is 2.33. The van der Waals surface area contributed by atoms with Crippen molar-refractivity contribution in [1.29, 1.82) is 0 Å². The van der Waals surface area contributed by atoms with E-state index in [-0.39, 0.29) is 0 Å². The smallest absolute Gasteiger partial charge is 0.131 e. The average Bonchev–Trinajstić information content (AvgIpc) is 2.22. The first-order chi connectivity index (χ1) is 8.11. The van der Waals surface area contributed by atoms with E-state index >= 15 is 0 Å². The SMILES string of the molecule is CNCCCNc1cc(NC(C)C)nc(C)n1. The van der Waals surface area contributed by atoms with Gasteiger partial charge in [0, 0.05) is 18.7 Å². The minimum absolute atomic E-state index is 0.376. The molecular formula is C12H23N5. The van der Waals surface area contributed by atoms with Crippen LogP contribution in [0.3, 0.4) is 0 Å². The van der Waals surface area contributed by atoms with E-state index in [1.54, 1.807) is 0 Å². The quantitative estimate of drug-likeness (QED) is 0.629. The van der Waals surface area contributed by atoms with Crippen LogP contribution in [0.4, 0.5) is 11.6 Å². The van der Waals surface area contributed by atoms with Crippen LogP contribution in [0, 0.1) is 6.92 Å². The molecule has 5 heteroatoms. The molecule has 0 unspecified atom stereocenters. The molecule has 96 valence electrons. The summed E-state index contributed by atoms with van der Waals surface area (Å²) in [7, 11) is 1.96. The van der Waals surface area contributed by atoms with Crippen LogP contribution in [-0.2, 0) is 0 Å². The van der Waals surface area contributed by atoms with Gasteiger partial charge in [0.05, 0.1) is 0 Å². The summed E-state index contributed by atoms with van der Waals surface area (Å²) in [6.45, 7) is 8.02. The van der Waals surface area contributed by atoms with Gasteiger partial charge in [0.1, 0.15) is 17.5 Å². The van der Waals surface area contributed by atoms with Gasteiger partial charge in [-0.15, -0.1) is 0 Å². The van der Waals surface area contributed by atoms with Crippen molar-refractivity contribution in [3.63, 3.8) is 0 Å². The normalized spacial score (nSPS) is 10.6. The molecular weight excluding hydrogens is 214 g/mol. The Kier molecular flexibility index (Phi) is 5.69. The Morgan fingerprint density at radius 2 is 1.88 bits per heavy atom. The third kappa shape index (κ3) is 5.49. The van der Waals surface area contributed by atoms with Gasteiger partial charge in [0.2, 0.25) is 0 Å². The van der Waals surface area contributed by atoms with Crippen molar-refractivity contribution in [2.45, 2.75) is 33.2 Å². The van der Waals surface area contributed by atoms with Crippen molar-refractivity contribution < 1.29 is 0 Å². The largest absolute Gasteiger partial charge is 0.370 e. The highest BCUT2D eigenvalue weighted by Crippen LogP contribution is 2.11. The van der Waals surface area contributed by atoms with Crippen LogP contribution < -0.4 is 16.0 Å². The summed E-state index contributed by atoms with van der Waals surface area (Å²) in [5.41, 5.74) is 0. The summed E-state index contributed by atoms with van der Waals surface area (Å²) >= 11 is 0. The number of aromatic nitrogens is 2. The summed E-state index contributed by atoms with van der Waals surface area (Å²) < 4.78 is 0. The second-order valence-corrected chi connectivity index (χ2v) is 4.37. The zero-order valence-corrected chi connectivity index (χ0v) is 11.2. The van der Waals surface area contributed by atoms with Crippen LogP contribution in [0.2, 0.25) is 0 Å². The Morgan fingerprint density at radius 3 is 2.53 bits per heavy atom. The Hall–Kier alpha value is -1.36. The second-order valence-electron chi connectivity index (χ2n) is 4.37. The molecule has 1 aromatic heterocycles. The average molecular weight is 237 g/mol. The topological polar surface area (TPSA) is 61.9 Å². The van der Waals surface area contributed by atoms with Crippen molar-refractivity contribution in [2.75, 3.05) is 30.8 Å². The van der Waals surface area contributed by atoms with Gasteiger partial charge in [0.25, 0.3) is 0 Å². The summed E-state index contributed by atoms with van der Waals surface area (Å²) in [5, 5.41) is 9.70. The summed E-state index contributed by atoms with van der Waals surface area (Å²) in [6.07, 6.45) is 1.08. The van der Waals surface area contributed by atoms with Crippen molar-refractivity contribution in [3.05, 3.63) is 11.9 Å². The van der Waals surface area contributed by atoms with Crippen LogP contribution in [0.5, 0.6) is 0 Å². The Morgan fingerprint density at radius 1 is 1.18 bits per heavy atom. The number of rotatable bonds is 7. The number of nitrogens with one attached hydrogen (secondary N) is 3. The maximum Gasteiger partial charge on any atom is 0.131 e. The van der Waals surface area contributed by atoms with E-state index in [0.29, 0.717) is 6.04 Å². The number of nitrogens with zero attached hydrogens (tertiary/aromatic N) is 2. The molecule has 0 spiro atoms. The van der Waals surface area contributed by atoms with Crippen LogP contribution in [0.1, 0.15) is 26.1 Å². The fraction of sp³-hybridized carbons (Fsp3) is 0.667. The summed E-state index contributed by atoms with van der Waals surface area (Å²) in [4.78, 5) is 8.70. The fourth-order valence-corrected chi connectivity index (χ4v) is 1.51. The van der Waals surface area contributed by atoms with E-state index < -0.39 is 0 Å². The van der Waals surface area contributed by atoms with Gasteiger partial charge in [-0.3, -0.25) is 0 Å². The first kappa shape index (κ1) is 13.7. The first-order valence-electron chi connectivity index (χ1n) is 6.12. The lowest BCUT2D eigenvalue weighted by Crippen LogP contribution is -2.15. The highest BCUT2D eigenvalue weighted by atomic mass is 15.1. The Labute approximate surface area is 103 Å². The van der Waals surface area contributed by atoms with E-state index in [4.69, 9.17) is 0 Å². The van der Waals surface area contributed by atoms with Crippen molar-refractivity contribution in [1.82, 2.24) is 15.3 Å². The molecule has 0 amide bonds. The van der Waals surface area contributed by atoms with Gasteiger partial charge in [-0.25, -0.2) is 9.97 Å². The van der Waals surface area contributed by atoms with Gasteiger partial charge in [-0.05, 0) is 40.8 Å². The van der Waals surface area contributed by atoms with Crippen LogP contribution in [0.25, 0.3) is 0 Å². The molecule has 5 nitrogen and oxygen atoms in total. The molecule has 0 radical (unpaired) electrons. The zero-order chi connectivity index (χ0) is 12.7. The number of anilines is 2. The lowest BCUT2D eigenvalue weighted by atomic mass is 10.3. The lowest BCUT2D eigenvalue weighted by molar-refractivity contribution is 0.746. The second kappa shape index (κ2) is 7.06. The molecule has 0 aliphatic carbocycles. The molecule has 0 fully saturated rings. The molecule has 0 saturated carbocycles. The first-order valence-corrected chi connectivity index (χ1v) is 6.12. The molecule has 0 aliphatic heterocycles. The molecule has 1 aromatic rings. The Balaban J connectivity index is 2.56. The number of hydrogen-bond donors (Lipinski definition) is 3. The predicted octanol–water partition coefficient (Wildman–Crippen LogP) is 1.63. The van der Waals surface area contributed by atoms with E-state index in [2.05, 4.69) is 39.8 Å². The molecule has 1 rings (SSSR count). The van der Waals surface area contributed by atoms with E-state index in [9.17, 15) is 0 Å². The predicted molar refractivity (Wildman–Crippen MR) is 72.6 cm³/mol. The van der Waals surface area contributed by atoms with Gasteiger partial charge in [-0.1, -0.05) is 0 Å². The van der Waals surface area contributed by atoms with Crippen molar-refractivity contribution in [2.24, 2.45) is 0 Å². The van der Waals surface area contributed by atoms with Gasteiger partial charge >= 0.3 is 0 Å². The number of hydrogen-bond acceptors (Lipinski definition) is 5. The molecule has 1 heterocycles. The summed E-state index contributed by atoms with van der Waals surface area (Å²) in [5.74, 6) is 2.55. The number of aryl methyl sites for hydroxylation is 1.